The molecular weight excluding hydrogens is 416 g/mol. The minimum Gasteiger partial charge on any atom is -0.324 e. The van der Waals surface area contributed by atoms with Gasteiger partial charge >= 0.3 is 6.03 Å². The van der Waals surface area contributed by atoms with Crippen LogP contribution in [0, 0.1) is 17.0 Å². The fourth-order valence-corrected chi connectivity index (χ4v) is 5.61. The maximum absolute atomic E-state index is 13.1. The fourth-order valence-electron chi connectivity index (χ4n) is 4.16. The van der Waals surface area contributed by atoms with Crippen LogP contribution in [0.5, 0.6) is 0 Å². The van der Waals surface area contributed by atoms with Gasteiger partial charge in [0.25, 0.3) is 11.6 Å². The van der Waals surface area contributed by atoms with Crippen molar-refractivity contribution in [3.63, 3.8) is 0 Å². The standard InChI is InChI=1S/C22H24N4O4S/c1-16-4-2-3-5-19(16)23-21(28)24-12-10-22(11-13-24)25(14-15-31-22)20(27)17-6-8-18(9-7-17)26(29)30/h2-9H,10-15H2,1H3,(H,23,28). The molecule has 2 aliphatic heterocycles. The summed E-state index contributed by atoms with van der Waals surface area (Å²) in [6.07, 6.45) is 1.38. The Balaban J connectivity index is 1.42. The van der Waals surface area contributed by atoms with Gasteiger partial charge in [-0.2, -0.15) is 0 Å². The van der Waals surface area contributed by atoms with Gasteiger partial charge in [0.2, 0.25) is 0 Å². The highest BCUT2D eigenvalue weighted by atomic mass is 32.2. The highest BCUT2D eigenvalue weighted by Gasteiger charge is 2.47. The molecule has 2 fully saturated rings. The number of para-hydroxylation sites is 1. The summed E-state index contributed by atoms with van der Waals surface area (Å²) in [5, 5.41) is 13.8. The first-order valence-electron chi connectivity index (χ1n) is 10.2. The molecule has 2 heterocycles. The number of amides is 3. The average Bonchev–Trinajstić information content (AvgIpc) is 3.18. The SMILES string of the molecule is Cc1ccccc1NC(=O)N1CCC2(CC1)SCCN2C(=O)c1ccc([N+](=O)[O-])cc1. The van der Waals surface area contributed by atoms with Crippen LogP contribution in [0.15, 0.2) is 48.5 Å². The lowest BCUT2D eigenvalue weighted by molar-refractivity contribution is -0.384. The number of piperidine rings is 1. The maximum Gasteiger partial charge on any atom is 0.321 e. The molecule has 4 rings (SSSR count). The van der Waals surface area contributed by atoms with Crippen LogP contribution >= 0.6 is 11.8 Å². The van der Waals surface area contributed by atoms with Crippen LogP contribution in [0.4, 0.5) is 16.2 Å². The van der Waals surface area contributed by atoms with Crippen LogP contribution in [0.25, 0.3) is 0 Å². The molecule has 8 nitrogen and oxygen atoms in total. The number of nitrogens with one attached hydrogen (secondary N) is 1. The summed E-state index contributed by atoms with van der Waals surface area (Å²) >= 11 is 1.76. The summed E-state index contributed by atoms with van der Waals surface area (Å²) in [6.45, 7) is 3.72. The van der Waals surface area contributed by atoms with Gasteiger partial charge in [-0.15, -0.1) is 11.8 Å². The van der Waals surface area contributed by atoms with Gasteiger partial charge in [-0.3, -0.25) is 14.9 Å². The number of likely N-dealkylation sites (tertiary alicyclic amines) is 1. The van der Waals surface area contributed by atoms with Crippen molar-refractivity contribution >= 4 is 35.1 Å². The van der Waals surface area contributed by atoms with Gasteiger partial charge in [0.05, 0.1) is 9.79 Å². The van der Waals surface area contributed by atoms with E-state index in [1.165, 1.54) is 24.3 Å². The molecule has 0 unspecified atom stereocenters. The van der Waals surface area contributed by atoms with E-state index in [0.29, 0.717) is 38.0 Å². The molecule has 2 aromatic carbocycles. The van der Waals surface area contributed by atoms with Gasteiger partial charge in [-0.25, -0.2) is 4.79 Å². The number of nitro groups is 1. The van der Waals surface area contributed by atoms with Gasteiger partial charge in [0.15, 0.2) is 0 Å². The topological polar surface area (TPSA) is 95.8 Å². The van der Waals surface area contributed by atoms with E-state index in [1.54, 1.807) is 16.7 Å². The third-order valence-electron chi connectivity index (χ3n) is 5.97. The Labute approximate surface area is 184 Å². The lowest BCUT2D eigenvalue weighted by Gasteiger charge is -2.44. The normalized spacial score (nSPS) is 17.6. The highest BCUT2D eigenvalue weighted by molar-refractivity contribution is 8.00. The molecule has 2 aromatic rings. The predicted molar refractivity (Wildman–Crippen MR) is 120 cm³/mol. The number of nitrogens with zero attached hydrogens (tertiary/aromatic N) is 3. The molecule has 0 aromatic heterocycles. The number of hydrogen-bond acceptors (Lipinski definition) is 5. The van der Waals surface area contributed by atoms with Crippen molar-refractivity contribution in [2.75, 3.05) is 30.7 Å². The Bertz CT molecular complexity index is 1000. The van der Waals surface area contributed by atoms with Crippen LogP contribution in [0.2, 0.25) is 0 Å². The summed E-state index contributed by atoms with van der Waals surface area (Å²) in [6, 6.07) is 13.3. The van der Waals surface area contributed by atoms with E-state index < -0.39 is 4.92 Å². The van der Waals surface area contributed by atoms with Gasteiger partial charge in [0, 0.05) is 48.8 Å². The molecule has 0 aliphatic carbocycles. The smallest absolute Gasteiger partial charge is 0.321 e. The van der Waals surface area contributed by atoms with Crippen molar-refractivity contribution in [1.29, 1.82) is 0 Å². The monoisotopic (exact) mass is 440 g/mol. The number of non-ortho nitro benzene ring substituents is 1. The van der Waals surface area contributed by atoms with E-state index in [9.17, 15) is 19.7 Å². The number of anilines is 1. The lowest BCUT2D eigenvalue weighted by Crippen LogP contribution is -2.54. The predicted octanol–water partition coefficient (Wildman–Crippen LogP) is 4.12. The summed E-state index contributed by atoms with van der Waals surface area (Å²) in [5.41, 5.74) is 2.23. The molecule has 162 valence electrons. The zero-order valence-corrected chi connectivity index (χ0v) is 18.1. The minimum absolute atomic E-state index is 0.0324. The van der Waals surface area contributed by atoms with E-state index in [-0.39, 0.29) is 22.5 Å². The van der Waals surface area contributed by atoms with E-state index in [2.05, 4.69) is 5.32 Å². The zero-order valence-electron chi connectivity index (χ0n) is 17.2. The first-order chi connectivity index (χ1) is 14.9. The number of urea groups is 1. The molecule has 0 atom stereocenters. The number of carbonyl (C=O) groups is 2. The summed E-state index contributed by atoms with van der Waals surface area (Å²) < 4.78 is 0. The first kappa shape index (κ1) is 21.2. The van der Waals surface area contributed by atoms with Crippen molar-refractivity contribution in [2.24, 2.45) is 0 Å². The molecule has 3 amide bonds. The molecule has 1 N–H and O–H groups in total. The number of rotatable bonds is 3. The Hall–Kier alpha value is -3.07. The largest absolute Gasteiger partial charge is 0.324 e. The summed E-state index contributed by atoms with van der Waals surface area (Å²) in [7, 11) is 0. The molecule has 0 radical (unpaired) electrons. The van der Waals surface area contributed by atoms with Crippen LogP contribution in [0.1, 0.15) is 28.8 Å². The third kappa shape index (κ3) is 4.23. The second-order valence-corrected chi connectivity index (χ2v) is 9.24. The van der Waals surface area contributed by atoms with Gasteiger partial charge in [-0.1, -0.05) is 18.2 Å². The Morgan fingerprint density at radius 2 is 1.74 bits per heavy atom. The molecule has 0 saturated carbocycles. The maximum atomic E-state index is 13.1. The van der Waals surface area contributed by atoms with E-state index in [4.69, 9.17) is 0 Å². The van der Waals surface area contributed by atoms with E-state index in [0.717, 1.165) is 17.0 Å². The van der Waals surface area contributed by atoms with E-state index in [1.807, 2.05) is 36.1 Å². The minimum atomic E-state index is -0.473. The lowest BCUT2D eigenvalue weighted by atomic mass is 10.0. The van der Waals surface area contributed by atoms with Crippen molar-refractivity contribution in [2.45, 2.75) is 24.6 Å². The zero-order chi connectivity index (χ0) is 22.0. The Morgan fingerprint density at radius 3 is 2.39 bits per heavy atom. The van der Waals surface area contributed by atoms with Crippen molar-refractivity contribution in [3.05, 3.63) is 69.8 Å². The highest BCUT2D eigenvalue weighted by Crippen LogP contribution is 2.44. The fraction of sp³-hybridized carbons (Fsp3) is 0.364. The number of carbonyl (C=O) groups excluding carboxylic acids is 2. The molecule has 9 heteroatoms. The van der Waals surface area contributed by atoms with Crippen LogP contribution in [-0.2, 0) is 0 Å². The molecule has 0 bridgehead atoms. The van der Waals surface area contributed by atoms with E-state index >= 15 is 0 Å². The van der Waals surface area contributed by atoms with Gasteiger partial charge < -0.3 is 15.1 Å². The van der Waals surface area contributed by atoms with Crippen LogP contribution in [0.3, 0.4) is 0 Å². The van der Waals surface area contributed by atoms with Crippen LogP contribution in [-0.4, -0.2) is 56.9 Å². The Kier molecular flexibility index (Phi) is 5.86. The van der Waals surface area contributed by atoms with Crippen molar-refractivity contribution in [3.8, 4) is 0 Å². The second-order valence-electron chi connectivity index (χ2n) is 7.79. The first-order valence-corrected chi connectivity index (χ1v) is 11.2. The number of hydrogen-bond donors (Lipinski definition) is 1. The van der Waals surface area contributed by atoms with Crippen molar-refractivity contribution < 1.29 is 14.5 Å². The molecule has 2 saturated heterocycles. The Morgan fingerprint density at radius 1 is 1.06 bits per heavy atom. The number of thioether (sulfide) groups is 1. The molecule has 31 heavy (non-hydrogen) atoms. The van der Waals surface area contributed by atoms with Gasteiger partial charge in [-0.05, 0) is 43.5 Å². The molecule has 1 spiro atoms. The second kappa shape index (κ2) is 8.58. The molecular formula is C22H24N4O4S. The average molecular weight is 441 g/mol. The van der Waals surface area contributed by atoms with Crippen LogP contribution < -0.4 is 5.32 Å². The summed E-state index contributed by atoms with van der Waals surface area (Å²) in [5.74, 6) is 0.728. The number of nitro benzene ring substituents is 1. The van der Waals surface area contributed by atoms with Crippen molar-refractivity contribution in [1.82, 2.24) is 9.80 Å². The third-order valence-corrected chi connectivity index (χ3v) is 7.52. The number of aryl methyl sites for hydroxylation is 1. The van der Waals surface area contributed by atoms with Gasteiger partial charge in [0.1, 0.15) is 0 Å². The number of benzene rings is 2. The quantitative estimate of drug-likeness (QED) is 0.572. The summed E-state index contributed by atoms with van der Waals surface area (Å²) in [4.78, 5) is 39.6. The molecule has 2 aliphatic rings.